The fourth-order valence-corrected chi connectivity index (χ4v) is 6.07. The van der Waals surface area contributed by atoms with E-state index >= 15 is 0 Å². The molecular formula is C28H25F6N6OP. The highest BCUT2D eigenvalue weighted by atomic mass is 31.1. The van der Waals surface area contributed by atoms with Gasteiger partial charge in [-0.3, -0.25) is 5.10 Å². The minimum atomic E-state index is -4.89. The molecule has 0 unspecified atom stereocenters. The second-order valence-corrected chi connectivity index (χ2v) is 12.7. The monoisotopic (exact) mass is 606 g/mol. The van der Waals surface area contributed by atoms with E-state index in [9.17, 15) is 26.3 Å². The number of nitrogens with one attached hydrogen (secondary N) is 1. The van der Waals surface area contributed by atoms with E-state index in [2.05, 4.69) is 14.9 Å². The summed E-state index contributed by atoms with van der Waals surface area (Å²) in [6.45, 7) is 3.99. The third kappa shape index (κ3) is 5.26. The molecule has 0 amide bonds. The average molecular weight is 607 g/mol. The predicted octanol–water partition coefficient (Wildman–Crippen LogP) is 7.37. The Bertz CT molecular complexity index is 1780. The second-order valence-electron chi connectivity index (χ2n) is 10.2. The minimum Gasteiger partial charge on any atom is -0.405 e. The van der Waals surface area contributed by atoms with Crippen molar-refractivity contribution in [1.29, 1.82) is 0 Å². The number of H-pyrrole nitrogens is 1. The molecule has 0 saturated heterocycles. The lowest BCUT2D eigenvalue weighted by molar-refractivity contribution is -0.274. The number of fused-ring (bicyclic) bond motifs is 1. The number of ether oxygens (including phenoxy) is 1. The summed E-state index contributed by atoms with van der Waals surface area (Å²) in [6, 6.07) is 11.1. The summed E-state index contributed by atoms with van der Waals surface area (Å²) in [5.74, 6) is 0.133. The van der Waals surface area contributed by atoms with Gasteiger partial charge in [-0.25, -0.2) is 9.67 Å². The van der Waals surface area contributed by atoms with Gasteiger partial charge in [0.25, 0.3) is 0 Å². The first-order chi connectivity index (χ1) is 19.8. The molecule has 42 heavy (non-hydrogen) atoms. The molecule has 1 atom stereocenters. The molecule has 1 saturated carbocycles. The first-order valence-electron chi connectivity index (χ1n) is 13.1. The van der Waals surface area contributed by atoms with Crippen molar-refractivity contribution in [2.45, 2.75) is 38.2 Å². The van der Waals surface area contributed by atoms with Crippen LogP contribution < -0.4 is 10.0 Å². The Morgan fingerprint density at radius 2 is 1.81 bits per heavy atom. The number of hydrogen-bond acceptors (Lipinski definition) is 4. The van der Waals surface area contributed by atoms with Gasteiger partial charge in [-0.2, -0.15) is 23.4 Å². The maximum Gasteiger partial charge on any atom is 0.573 e. The predicted molar refractivity (Wildman–Crippen MR) is 148 cm³/mol. The van der Waals surface area contributed by atoms with Crippen LogP contribution in [0.4, 0.5) is 26.3 Å². The van der Waals surface area contributed by atoms with Crippen molar-refractivity contribution in [1.82, 2.24) is 29.5 Å². The molecule has 6 rings (SSSR count). The van der Waals surface area contributed by atoms with Crippen LogP contribution in [-0.2, 0) is 13.2 Å². The van der Waals surface area contributed by atoms with Crippen LogP contribution in [0.15, 0.2) is 48.7 Å². The number of aromatic nitrogens is 6. The van der Waals surface area contributed by atoms with Gasteiger partial charge in [0.05, 0.1) is 16.8 Å². The van der Waals surface area contributed by atoms with E-state index in [1.54, 1.807) is 31.4 Å². The topological polar surface area (TPSA) is 73.5 Å². The molecule has 1 fully saturated rings. The lowest BCUT2D eigenvalue weighted by Gasteiger charge is -2.17. The van der Waals surface area contributed by atoms with Crippen molar-refractivity contribution >= 4 is 24.1 Å². The largest absolute Gasteiger partial charge is 0.573 e. The molecule has 7 nitrogen and oxygen atoms in total. The Morgan fingerprint density at radius 3 is 2.45 bits per heavy atom. The summed E-state index contributed by atoms with van der Waals surface area (Å²) in [5, 5.41) is 11.6. The number of halogens is 6. The molecule has 2 aromatic carbocycles. The number of rotatable bonds is 7. The Morgan fingerprint density at radius 1 is 1.05 bits per heavy atom. The zero-order chi connectivity index (χ0) is 30.0. The molecule has 0 bridgehead atoms. The van der Waals surface area contributed by atoms with Gasteiger partial charge in [-0.1, -0.05) is 33.0 Å². The van der Waals surface area contributed by atoms with Crippen molar-refractivity contribution < 1.29 is 31.1 Å². The molecule has 1 aliphatic carbocycles. The lowest BCUT2D eigenvalue weighted by Crippen LogP contribution is -2.19. The number of nitrogens with zero attached hydrogens (tertiary/aromatic N) is 5. The van der Waals surface area contributed by atoms with Gasteiger partial charge in [0.15, 0.2) is 5.82 Å². The fourth-order valence-electron chi connectivity index (χ4n) is 5.04. The highest BCUT2D eigenvalue weighted by Crippen LogP contribution is 2.48. The minimum absolute atomic E-state index is 0.0365. The standard InChI is InChI=1S/C28H25F6N6OP/c1-4-42(3)16-10-11-18(21(12-16)41-28(32,33)34)26-35-24(25(39(26)2)15-8-9-15)17-6-5-7-20-19(17)14-40(38-20)23-13-22(36-37-23)27(29,30)31/h5-7,10-15H,4,8-9H2,1-3H3,(H,36,37)/t42-/m1/s1. The Labute approximate surface area is 237 Å². The van der Waals surface area contributed by atoms with Gasteiger partial charge in [0.1, 0.15) is 17.3 Å². The molecule has 0 aliphatic heterocycles. The van der Waals surface area contributed by atoms with Gasteiger partial charge in [0.2, 0.25) is 0 Å². The van der Waals surface area contributed by atoms with Crippen molar-refractivity contribution in [2.24, 2.45) is 7.05 Å². The summed E-state index contributed by atoms with van der Waals surface area (Å²) in [5.41, 5.74) is 1.81. The number of hydrogen-bond donors (Lipinski definition) is 1. The maximum atomic E-state index is 13.5. The summed E-state index contributed by atoms with van der Waals surface area (Å²) in [4.78, 5) is 4.88. The van der Waals surface area contributed by atoms with E-state index in [4.69, 9.17) is 4.98 Å². The van der Waals surface area contributed by atoms with Crippen molar-refractivity contribution in [2.75, 3.05) is 12.8 Å². The quantitative estimate of drug-likeness (QED) is 0.155. The van der Waals surface area contributed by atoms with Crippen LogP contribution in [0.25, 0.3) is 39.4 Å². The SMILES string of the molecule is CC[P@@](C)c1ccc(-c2nc(-c3cccc4nn(-c5cc(C(F)(F)F)[nH]n5)cc34)c(C3CC3)n2C)c(OC(F)(F)F)c1. The summed E-state index contributed by atoms with van der Waals surface area (Å²) in [6.07, 6.45) is -5.29. The average Bonchev–Trinajstić information content (AvgIpc) is 3.32. The van der Waals surface area contributed by atoms with Gasteiger partial charge in [-0.05, 0) is 49.2 Å². The highest BCUT2D eigenvalue weighted by molar-refractivity contribution is 7.64. The zero-order valence-corrected chi connectivity index (χ0v) is 23.6. The molecule has 3 heterocycles. The molecule has 0 spiro atoms. The van der Waals surface area contributed by atoms with Gasteiger partial charge < -0.3 is 9.30 Å². The highest BCUT2D eigenvalue weighted by Gasteiger charge is 2.36. The van der Waals surface area contributed by atoms with Crippen LogP contribution in [0, 0.1) is 0 Å². The molecule has 3 aromatic heterocycles. The van der Waals surface area contributed by atoms with E-state index < -0.39 is 26.2 Å². The third-order valence-corrected chi connectivity index (χ3v) is 9.47. The van der Waals surface area contributed by atoms with Crippen LogP contribution in [0.1, 0.15) is 37.1 Å². The van der Waals surface area contributed by atoms with Gasteiger partial charge in [-0.15, -0.1) is 13.2 Å². The van der Waals surface area contributed by atoms with Gasteiger partial charge >= 0.3 is 12.5 Å². The smallest absolute Gasteiger partial charge is 0.405 e. The summed E-state index contributed by atoms with van der Waals surface area (Å²) >= 11 is 0. The first-order valence-corrected chi connectivity index (χ1v) is 15.1. The van der Waals surface area contributed by atoms with Crippen LogP contribution in [0.2, 0.25) is 0 Å². The van der Waals surface area contributed by atoms with Crippen molar-refractivity contribution in [3.05, 3.63) is 60.0 Å². The van der Waals surface area contributed by atoms with Crippen LogP contribution >= 0.6 is 7.92 Å². The molecule has 1 N–H and O–H groups in total. The number of benzene rings is 2. The molecule has 0 radical (unpaired) electrons. The van der Waals surface area contributed by atoms with Crippen molar-refractivity contribution in [3.8, 4) is 34.2 Å². The van der Waals surface area contributed by atoms with E-state index in [-0.39, 0.29) is 23.0 Å². The first kappa shape index (κ1) is 28.3. The van der Waals surface area contributed by atoms with Crippen molar-refractivity contribution in [3.63, 3.8) is 0 Å². The molecule has 5 aromatic rings. The van der Waals surface area contributed by atoms with Crippen LogP contribution in [0.3, 0.4) is 0 Å². The maximum absolute atomic E-state index is 13.5. The number of imidazole rings is 1. The zero-order valence-electron chi connectivity index (χ0n) is 22.7. The molecule has 14 heteroatoms. The van der Waals surface area contributed by atoms with Gasteiger partial charge in [0, 0.05) is 41.9 Å². The third-order valence-electron chi connectivity index (χ3n) is 7.36. The van der Waals surface area contributed by atoms with E-state index in [1.807, 2.05) is 35.4 Å². The van der Waals surface area contributed by atoms with Crippen LogP contribution in [0.5, 0.6) is 5.75 Å². The summed E-state index contributed by atoms with van der Waals surface area (Å²) < 4.78 is 87.5. The fraction of sp³-hybridized carbons (Fsp3) is 0.321. The lowest BCUT2D eigenvalue weighted by atomic mass is 10.0. The van der Waals surface area contributed by atoms with E-state index in [0.717, 1.165) is 36.1 Å². The Hall–Kier alpha value is -3.86. The van der Waals surface area contributed by atoms with Crippen LogP contribution in [-0.4, -0.2) is 48.7 Å². The Kier molecular flexibility index (Phi) is 6.83. The van der Waals surface area contributed by atoms with E-state index in [1.165, 1.54) is 10.7 Å². The Balaban J connectivity index is 1.50. The summed E-state index contributed by atoms with van der Waals surface area (Å²) in [7, 11) is 1.12. The number of aromatic amines is 1. The second kappa shape index (κ2) is 10.1. The number of alkyl halides is 6. The molecule has 220 valence electrons. The molecular weight excluding hydrogens is 581 g/mol. The normalized spacial score (nSPS) is 15.0. The molecule has 1 aliphatic rings. The van der Waals surface area contributed by atoms with E-state index in [0.29, 0.717) is 28.0 Å².